The first-order valence-corrected chi connectivity index (χ1v) is 9.86. The summed E-state index contributed by atoms with van der Waals surface area (Å²) in [6.07, 6.45) is 1.61. The van der Waals surface area contributed by atoms with Crippen LogP contribution in [0.4, 0.5) is 0 Å². The van der Waals surface area contributed by atoms with Crippen LogP contribution in [0.2, 0.25) is 4.34 Å². The van der Waals surface area contributed by atoms with Gasteiger partial charge in [0.1, 0.15) is 9.90 Å². The number of pyridine rings is 1. The summed E-state index contributed by atoms with van der Waals surface area (Å²) in [5.74, 6) is 0.415. The molecule has 0 unspecified atom stereocenters. The molecule has 1 N–H and O–H groups in total. The molecular formula is C14H14ClN5O3S2. The fraction of sp³-hybridized carbons (Fsp3) is 0.214. The van der Waals surface area contributed by atoms with Crippen molar-refractivity contribution in [3.63, 3.8) is 0 Å². The third-order valence-corrected chi connectivity index (χ3v) is 6.55. The maximum absolute atomic E-state index is 12.2. The summed E-state index contributed by atoms with van der Waals surface area (Å²) in [6, 6.07) is 8.26. The van der Waals surface area contributed by atoms with Gasteiger partial charge < -0.3 is 0 Å². The van der Waals surface area contributed by atoms with E-state index in [0.717, 1.165) is 11.3 Å². The van der Waals surface area contributed by atoms with E-state index in [4.69, 9.17) is 11.6 Å². The third kappa shape index (κ3) is 3.82. The Morgan fingerprint density at radius 2 is 2.08 bits per heavy atom. The van der Waals surface area contributed by atoms with E-state index in [1.165, 1.54) is 21.4 Å². The van der Waals surface area contributed by atoms with E-state index in [-0.39, 0.29) is 23.0 Å². The molecule has 0 saturated carbocycles. The molecule has 0 aliphatic carbocycles. The van der Waals surface area contributed by atoms with Crippen molar-refractivity contribution in [1.82, 2.24) is 24.1 Å². The zero-order valence-electron chi connectivity index (χ0n) is 13.1. The van der Waals surface area contributed by atoms with Crippen LogP contribution in [0.1, 0.15) is 0 Å². The van der Waals surface area contributed by atoms with Crippen LogP contribution >= 0.6 is 22.9 Å². The van der Waals surface area contributed by atoms with Gasteiger partial charge in [0.15, 0.2) is 5.82 Å². The molecule has 11 heteroatoms. The molecule has 3 heterocycles. The lowest BCUT2D eigenvalue weighted by Crippen LogP contribution is -2.31. The fourth-order valence-corrected chi connectivity index (χ4v) is 4.70. The predicted molar refractivity (Wildman–Crippen MR) is 95.2 cm³/mol. The third-order valence-electron chi connectivity index (χ3n) is 3.36. The van der Waals surface area contributed by atoms with Gasteiger partial charge in [0.2, 0.25) is 10.0 Å². The van der Waals surface area contributed by atoms with E-state index in [1.807, 2.05) is 0 Å². The van der Waals surface area contributed by atoms with Crippen LogP contribution in [-0.4, -0.2) is 34.3 Å². The van der Waals surface area contributed by atoms with Gasteiger partial charge in [-0.15, -0.1) is 16.4 Å². The van der Waals surface area contributed by atoms with Crippen LogP contribution in [0.15, 0.2) is 45.5 Å². The molecule has 0 spiro atoms. The van der Waals surface area contributed by atoms with E-state index in [2.05, 4.69) is 14.8 Å². The summed E-state index contributed by atoms with van der Waals surface area (Å²) in [5, 5.41) is 4.23. The average molecular weight is 400 g/mol. The standard InChI is InChI=1S/C14H14ClN5O3S2/c1-19-13(10-4-2-3-7-16-10)18-20(14(19)21)9-8-17-25(22,23)12-6-5-11(15)24-12/h2-7,17H,8-9H2,1H3. The maximum atomic E-state index is 12.2. The van der Waals surface area contributed by atoms with Crippen molar-refractivity contribution in [3.8, 4) is 11.5 Å². The molecule has 0 atom stereocenters. The van der Waals surface area contributed by atoms with Crippen molar-refractivity contribution in [2.45, 2.75) is 10.8 Å². The summed E-state index contributed by atoms with van der Waals surface area (Å²) in [6.45, 7) is 0.119. The first kappa shape index (κ1) is 17.8. The number of nitrogens with zero attached hydrogens (tertiary/aromatic N) is 4. The molecule has 3 aromatic rings. The van der Waals surface area contributed by atoms with Gasteiger partial charge in [-0.05, 0) is 24.3 Å². The van der Waals surface area contributed by atoms with E-state index >= 15 is 0 Å². The number of halogens is 1. The minimum absolute atomic E-state index is 0.0242. The van der Waals surface area contributed by atoms with Crippen molar-refractivity contribution >= 4 is 33.0 Å². The highest BCUT2D eigenvalue weighted by Gasteiger charge is 2.17. The summed E-state index contributed by atoms with van der Waals surface area (Å²) >= 11 is 6.72. The smallest absolute Gasteiger partial charge is 0.277 e. The number of aromatic nitrogens is 4. The Balaban J connectivity index is 1.73. The number of nitrogens with one attached hydrogen (secondary N) is 1. The Bertz CT molecular complexity index is 1040. The zero-order chi connectivity index (χ0) is 18.0. The minimum Gasteiger partial charge on any atom is -0.277 e. The van der Waals surface area contributed by atoms with Crippen LogP contribution in [0, 0.1) is 0 Å². The molecule has 132 valence electrons. The molecule has 0 amide bonds. The number of thiophene rings is 1. The van der Waals surface area contributed by atoms with E-state index in [1.54, 1.807) is 31.4 Å². The Morgan fingerprint density at radius 1 is 1.28 bits per heavy atom. The van der Waals surface area contributed by atoms with Crippen LogP contribution in [0.5, 0.6) is 0 Å². The largest absolute Gasteiger partial charge is 0.346 e. The van der Waals surface area contributed by atoms with Crippen molar-refractivity contribution in [2.75, 3.05) is 6.54 Å². The highest BCUT2D eigenvalue weighted by Crippen LogP contribution is 2.25. The lowest BCUT2D eigenvalue weighted by molar-refractivity contribution is 0.552. The highest BCUT2D eigenvalue weighted by molar-refractivity contribution is 7.91. The van der Waals surface area contributed by atoms with E-state index in [9.17, 15) is 13.2 Å². The van der Waals surface area contributed by atoms with Crippen LogP contribution in [-0.2, 0) is 23.6 Å². The Hall–Kier alpha value is -2.01. The highest BCUT2D eigenvalue weighted by atomic mass is 35.5. The van der Waals surface area contributed by atoms with Crippen LogP contribution < -0.4 is 10.4 Å². The molecule has 0 bridgehead atoms. The molecule has 0 fully saturated rings. The number of hydrogen-bond donors (Lipinski definition) is 1. The van der Waals surface area contributed by atoms with Crippen molar-refractivity contribution < 1.29 is 8.42 Å². The van der Waals surface area contributed by atoms with Gasteiger partial charge in [-0.1, -0.05) is 17.7 Å². The molecule has 0 aromatic carbocycles. The number of rotatable bonds is 6. The van der Waals surface area contributed by atoms with Gasteiger partial charge in [0, 0.05) is 19.8 Å². The second-order valence-electron chi connectivity index (χ2n) is 5.06. The molecular weight excluding hydrogens is 386 g/mol. The first-order chi connectivity index (χ1) is 11.9. The molecule has 0 radical (unpaired) electrons. The summed E-state index contributed by atoms with van der Waals surface area (Å²) in [4.78, 5) is 16.4. The molecule has 3 aromatic heterocycles. The van der Waals surface area contributed by atoms with Crippen molar-refractivity contribution in [2.24, 2.45) is 7.05 Å². The second-order valence-corrected chi connectivity index (χ2v) is 8.77. The summed E-state index contributed by atoms with van der Waals surface area (Å²) in [7, 11) is -2.07. The van der Waals surface area contributed by atoms with E-state index in [0.29, 0.717) is 15.9 Å². The van der Waals surface area contributed by atoms with Gasteiger partial charge >= 0.3 is 5.69 Å². The van der Waals surface area contributed by atoms with Crippen LogP contribution in [0.3, 0.4) is 0 Å². The molecule has 8 nitrogen and oxygen atoms in total. The quantitative estimate of drug-likeness (QED) is 0.674. The molecule has 0 aliphatic rings. The predicted octanol–water partition coefficient (Wildman–Crippen LogP) is 1.34. The van der Waals surface area contributed by atoms with Gasteiger partial charge in [-0.25, -0.2) is 22.6 Å². The fourth-order valence-electron chi connectivity index (χ4n) is 2.15. The first-order valence-electron chi connectivity index (χ1n) is 7.19. The topological polar surface area (TPSA) is 98.9 Å². The monoisotopic (exact) mass is 399 g/mol. The van der Waals surface area contributed by atoms with Gasteiger partial charge in [-0.3, -0.25) is 9.55 Å². The van der Waals surface area contributed by atoms with E-state index < -0.39 is 10.0 Å². The average Bonchev–Trinajstić information content (AvgIpc) is 3.15. The van der Waals surface area contributed by atoms with Gasteiger partial charge in [0.05, 0.1) is 10.9 Å². The molecule has 0 saturated heterocycles. The van der Waals surface area contributed by atoms with Gasteiger partial charge in [-0.2, -0.15) is 0 Å². The molecule has 25 heavy (non-hydrogen) atoms. The molecule has 3 rings (SSSR count). The second kappa shape index (κ2) is 7.08. The van der Waals surface area contributed by atoms with Gasteiger partial charge in [0.25, 0.3) is 0 Å². The lowest BCUT2D eigenvalue weighted by atomic mass is 10.3. The normalized spacial score (nSPS) is 11.8. The molecule has 0 aliphatic heterocycles. The Labute approximate surface area is 152 Å². The van der Waals surface area contributed by atoms with Crippen LogP contribution in [0.25, 0.3) is 11.5 Å². The minimum atomic E-state index is -3.66. The summed E-state index contributed by atoms with van der Waals surface area (Å²) in [5.41, 5.74) is 0.216. The summed E-state index contributed by atoms with van der Waals surface area (Å²) < 4.78 is 29.8. The van der Waals surface area contributed by atoms with Crippen molar-refractivity contribution in [3.05, 3.63) is 51.3 Å². The number of sulfonamides is 1. The Kier molecular flexibility index (Phi) is 5.04. The lowest BCUT2D eigenvalue weighted by Gasteiger charge is -2.04. The SMILES string of the molecule is Cn1c(-c2ccccn2)nn(CCNS(=O)(=O)c2ccc(Cl)s2)c1=O. The Morgan fingerprint density at radius 3 is 2.72 bits per heavy atom. The maximum Gasteiger partial charge on any atom is 0.346 e. The van der Waals surface area contributed by atoms with Crippen molar-refractivity contribution in [1.29, 1.82) is 0 Å². The number of hydrogen-bond acceptors (Lipinski definition) is 6. The zero-order valence-corrected chi connectivity index (χ0v) is 15.5.